The van der Waals surface area contributed by atoms with Crippen LogP contribution in [0.3, 0.4) is 0 Å². The number of rotatable bonds is 4. The molecule has 2 nitrogen and oxygen atoms in total. The molecule has 1 amide bonds. The zero-order chi connectivity index (χ0) is 12.1. The first-order chi connectivity index (χ1) is 7.50. The molecule has 0 saturated carbocycles. The SMILES string of the molecule is Cc1ccc(C(C)C(=O)NCC(F)F)cc1. The molecule has 1 unspecified atom stereocenters. The zero-order valence-electron chi connectivity index (χ0n) is 9.34. The molecule has 0 aliphatic carbocycles. The molecule has 1 aromatic carbocycles. The Hall–Kier alpha value is -1.45. The van der Waals surface area contributed by atoms with E-state index < -0.39 is 18.9 Å². The zero-order valence-corrected chi connectivity index (χ0v) is 9.34. The quantitative estimate of drug-likeness (QED) is 0.841. The number of benzene rings is 1. The van der Waals surface area contributed by atoms with E-state index in [4.69, 9.17) is 0 Å². The summed E-state index contributed by atoms with van der Waals surface area (Å²) in [7, 11) is 0. The maximum Gasteiger partial charge on any atom is 0.255 e. The minimum absolute atomic E-state index is 0.371. The molecular formula is C12H15F2NO. The van der Waals surface area contributed by atoms with Crippen LogP contribution in [0.15, 0.2) is 24.3 Å². The summed E-state index contributed by atoms with van der Waals surface area (Å²) in [5, 5.41) is 2.21. The van der Waals surface area contributed by atoms with Gasteiger partial charge in [-0.25, -0.2) is 8.78 Å². The largest absolute Gasteiger partial charge is 0.350 e. The van der Waals surface area contributed by atoms with E-state index in [1.807, 2.05) is 31.2 Å². The van der Waals surface area contributed by atoms with E-state index in [0.29, 0.717) is 0 Å². The topological polar surface area (TPSA) is 29.1 Å². The van der Waals surface area contributed by atoms with E-state index in [0.717, 1.165) is 11.1 Å². The van der Waals surface area contributed by atoms with Crippen molar-refractivity contribution in [1.82, 2.24) is 5.32 Å². The van der Waals surface area contributed by atoms with Crippen molar-refractivity contribution in [2.24, 2.45) is 0 Å². The summed E-state index contributed by atoms with van der Waals surface area (Å²) in [6.07, 6.45) is -2.51. The van der Waals surface area contributed by atoms with E-state index in [9.17, 15) is 13.6 Å². The van der Waals surface area contributed by atoms with Gasteiger partial charge in [0.2, 0.25) is 5.91 Å². The van der Waals surface area contributed by atoms with Crippen molar-refractivity contribution in [3.8, 4) is 0 Å². The van der Waals surface area contributed by atoms with E-state index >= 15 is 0 Å². The number of carbonyl (C=O) groups is 1. The van der Waals surface area contributed by atoms with Gasteiger partial charge in [0.15, 0.2) is 0 Å². The number of carbonyl (C=O) groups excluding carboxylic acids is 1. The van der Waals surface area contributed by atoms with Crippen molar-refractivity contribution in [3.05, 3.63) is 35.4 Å². The first-order valence-corrected chi connectivity index (χ1v) is 5.13. The molecule has 0 bridgehead atoms. The van der Waals surface area contributed by atoms with Crippen molar-refractivity contribution in [2.75, 3.05) is 6.54 Å². The molecule has 4 heteroatoms. The van der Waals surface area contributed by atoms with Crippen LogP contribution in [0.5, 0.6) is 0 Å². The molecule has 1 atom stereocenters. The molecule has 1 N–H and O–H groups in total. The molecule has 0 aromatic heterocycles. The van der Waals surface area contributed by atoms with Gasteiger partial charge in [0.05, 0.1) is 12.5 Å². The molecule has 0 heterocycles. The van der Waals surface area contributed by atoms with Gasteiger partial charge in [-0.3, -0.25) is 4.79 Å². The standard InChI is InChI=1S/C12H15F2NO/c1-8-3-5-10(6-4-8)9(2)12(16)15-7-11(13)14/h3-6,9,11H,7H2,1-2H3,(H,15,16). The van der Waals surface area contributed by atoms with Gasteiger partial charge in [-0.05, 0) is 19.4 Å². The van der Waals surface area contributed by atoms with Crippen molar-refractivity contribution >= 4 is 5.91 Å². The Balaban J connectivity index is 2.59. The second-order valence-electron chi connectivity index (χ2n) is 3.77. The van der Waals surface area contributed by atoms with Crippen molar-refractivity contribution < 1.29 is 13.6 Å². The molecule has 0 fully saturated rings. The molecule has 0 saturated heterocycles. The van der Waals surface area contributed by atoms with Crippen LogP contribution in [-0.2, 0) is 4.79 Å². The lowest BCUT2D eigenvalue weighted by Gasteiger charge is -2.12. The number of halogens is 2. The molecule has 1 rings (SSSR count). The average Bonchev–Trinajstić information content (AvgIpc) is 2.26. The van der Waals surface area contributed by atoms with E-state index in [1.54, 1.807) is 6.92 Å². The van der Waals surface area contributed by atoms with Crippen LogP contribution < -0.4 is 5.32 Å². The summed E-state index contributed by atoms with van der Waals surface area (Å²) in [6, 6.07) is 7.46. The highest BCUT2D eigenvalue weighted by Crippen LogP contribution is 2.15. The fraction of sp³-hybridized carbons (Fsp3) is 0.417. The minimum Gasteiger partial charge on any atom is -0.350 e. The number of hydrogen-bond acceptors (Lipinski definition) is 1. The predicted octanol–water partition coefficient (Wildman–Crippen LogP) is 2.48. The number of hydrogen-bond donors (Lipinski definition) is 1. The van der Waals surface area contributed by atoms with Gasteiger partial charge in [0, 0.05) is 0 Å². The normalized spacial score (nSPS) is 12.6. The summed E-state index contributed by atoms with van der Waals surface area (Å²) in [4.78, 5) is 11.5. The van der Waals surface area contributed by atoms with Gasteiger partial charge in [-0.2, -0.15) is 0 Å². The molecule has 0 aliphatic heterocycles. The predicted molar refractivity (Wildman–Crippen MR) is 58.6 cm³/mol. The van der Waals surface area contributed by atoms with Gasteiger partial charge in [0.25, 0.3) is 6.43 Å². The number of amides is 1. The van der Waals surface area contributed by atoms with Crippen molar-refractivity contribution in [1.29, 1.82) is 0 Å². The fourth-order valence-corrected chi connectivity index (χ4v) is 1.34. The van der Waals surface area contributed by atoms with Crippen LogP contribution in [-0.4, -0.2) is 18.9 Å². The smallest absolute Gasteiger partial charge is 0.255 e. The summed E-state index contributed by atoms with van der Waals surface area (Å²) in [5.41, 5.74) is 1.93. The summed E-state index contributed by atoms with van der Waals surface area (Å²) >= 11 is 0. The van der Waals surface area contributed by atoms with E-state index in [2.05, 4.69) is 5.32 Å². The monoisotopic (exact) mass is 227 g/mol. The lowest BCUT2D eigenvalue weighted by atomic mass is 9.99. The van der Waals surface area contributed by atoms with Crippen molar-refractivity contribution in [3.63, 3.8) is 0 Å². The van der Waals surface area contributed by atoms with E-state index in [1.165, 1.54) is 0 Å². The third kappa shape index (κ3) is 3.61. The summed E-state index contributed by atoms with van der Waals surface area (Å²) < 4.78 is 23.8. The number of aryl methyl sites for hydroxylation is 1. The number of nitrogens with one attached hydrogen (secondary N) is 1. The van der Waals surface area contributed by atoms with Crippen LogP contribution in [0.25, 0.3) is 0 Å². The maximum atomic E-state index is 11.9. The van der Waals surface area contributed by atoms with E-state index in [-0.39, 0.29) is 5.91 Å². The molecule has 16 heavy (non-hydrogen) atoms. The lowest BCUT2D eigenvalue weighted by molar-refractivity contribution is -0.122. The second kappa shape index (κ2) is 5.58. The van der Waals surface area contributed by atoms with Crippen LogP contribution in [0.2, 0.25) is 0 Å². The molecule has 1 aromatic rings. The number of alkyl halides is 2. The Labute approximate surface area is 93.7 Å². The van der Waals surface area contributed by atoms with Gasteiger partial charge >= 0.3 is 0 Å². The first-order valence-electron chi connectivity index (χ1n) is 5.13. The van der Waals surface area contributed by atoms with Crippen LogP contribution in [0.1, 0.15) is 24.0 Å². The highest BCUT2D eigenvalue weighted by molar-refractivity contribution is 5.83. The molecule has 0 radical (unpaired) electrons. The summed E-state index contributed by atoms with van der Waals surface area (Å²) in [6.45, 7) is 3.06. The second-order valence-corrected chi connectivity index (χ2v) is 3.77. The first kappa shape index (κ1) is 12.6. The Bertz CT molecular complexity index is 349. The molecule has 0 spiro atoms. The Kier molecular flexibility index (Phi) is 4.40. The fourth-order valence-electron chi connectivity index (χ4n) is 1.34. The average molecular weight is 227 g/mol. The van der Waals surface area contributed by atoms with Crippen molar-refractivity contribution in [2.45, 2.75) is 26.2 Å². The molecule has 88 valence electrons. The Morgan fingerprint density at radius 2 is 1.88 bits per heavy atom. The third-order valence-corrected chi connectivity index (χ3v) is 2.40. The third-order valence-electron chi connectivity index (χ3n) is 2.40. The Morgan fingerprint density at radius 1 is 1.31 bits per heavy atom. The van der Waals surface area contributed by atoms with Gasteiger partial charge in [0.1, 0.15) is 0 Å². The van der Waals surface area contributed by atoms with Gasteiger partial charge < -0.3 is 5.32 Å². The highest BCUT2D eigenvalue weighted by atomic mass is 19.3. The molecule has 0 aliphatic rings. The maximum absolute atomic E-state index is 11.9. The molecular weight excluding hydrogens is 212 g/mol. The van der Waals surface area contributed by atoms with Crippen LogP contribution in [0, 0.1) is 6.92 Å². The highest BCUT2D eigenvalue weighted by Gasteiger charge is 2.15. The van der Waals surface area contributed by atoms with Gasteiger partial charge in [-0.15, -0.1) is 0 Å². The lowest BCUT2D eigenvalue weighted by Crippen LogP contribution is -2.31. The van der Waals surface area contributed by atoms with Gasteiger partial charge in [-0.1, -0.05) is 29.8 Å². The van der Waals surface area contributed by atoms with Crippen LogP contribution >= 0.6 is 0 Å². The Morgan fingerprint density at radius 3 is 2.38 bits per heavy atom. The van der Waals surface area contributed by atoms with Crippen LogP contribution in [0.4, 0.5) is 8.78 Å². The summed E-state index contributed by atoms with van der Waals surface area (Å²) in [5.74, 6) is -0.775. The minimum atomic E-state index is -2.51.